The third kappa shape index (κ3) is 2.12. The van der Waals surface area contributed by atoms with Gasteiger partial charge in [0.1, 0.15) is 0 Å². The number of imide groups is 1. The predicted octanol–water partition coefficient (Wildman–Crippen LogP) is -0.165. The van der Waals surface area contributed by atoms with Crippen molar-refractivity contribution in [3.63, 3.8) is 0 Å². The van der Waals surface area contributed by atoms with Gasteiger partial charge in [-0.2, -0.15) is 0 Å². The lowest BCUT2D eigenvalue weighted by Crippen LogP contribution is -2.21. The number of carbonyl (C=O) groups excluding carboxylic acids is 2. The summed E-state index contributed by atoms with van der Waals surface area (Å²) in [6.45, 7) is 4.83. The van der Waals surface area contributed by atoms with Crippen LogP contribution in [0.4, 0.5) is 0 Å². The maximum absolute atomic E-state index is 10.3. The molecule has 0 aromatic carbocycles. The van der Waals surface area contributed by atoms with Crippen molar-refractivity contribution in [3.8, 4) is 0 Å². The van der Waals surface area contributed by atoms with Gasteiger partial charge in [0.25, 0.3) is 5.91 Å². The molecular formula is C5H7NO2. The van der Waals surface area contributed by atoms with Crippen LogP contribution in [-0.4, -0.2) is 12.3 Å². The van der Waals surface area contributed by atoms with Crippen LogP contribution in [0, 0.1) is 0 Å². The summed E-state index contributed by atoms with van der Waals surface area (Å²) < 4.78 is 0. The molecule has 0 saturated carbocycles. The molecule has 0 fully saturated rings. The molecule has 0 unspecified atom stereocenters. The van der Waals surface area contributed by atoms with Crippen molar-refractivity contribution in [2.24, 2.45) is 0 Å². The van der Waals surface area contributed by atoms with Crippen LogP contribution in [0.2, 0.25) is 0 Å². The lowest BCUT2D eigenvalue weighted by Gasteiger charge is -1.90. The predicted molar refractivity (Wildman–Crippen MR) is 29.0 cm³/mol. The summed E-state index contributed by atoms with van der Waals surface area (Å²) in [5.74, 6) is -0.431. The second-order valence-electron chi connectivity index (χ2n) is 1.37. The van der Waals surface area contributed by atoms with Gasteiger partial charge in [-0.3, -0.25) is 14.9 Å². The Morgan fingerprint density at radius 2 is 2.25 bits per heavy atom. The number of hydrogen-bond acceptors (Lipinski definition) is 2. The van der Waals surface area contributed by atoms with Crippen molar-refractivity contribution < 1.29 is 9.59 Å². The Morgan fingerprint density at radius 1 is 1.75 bits per heavy atom. The van der Waals surface area contributed by atoms with E-state index in [-0.39, 0.29) is 0 Å². The van der Waals surface area contributed by atoms with E-state index in [1.807, 2.05) is 5.32 Å². The Balaban J connectivity index is 3.65. The molecule has 0 aliphatic heterocycles. The van der Waals surface area contributed by atoms with Crippen LogP contribution in [0.5, 0.6) is 0 Å². The van der Waals surface area contributed by atoms with Crippen molar-refractivity contribution >= 4 is 12.3 Å². The van der Waals surface area contributed by atoms with Gasteiger partial charge in [-0.25, -0.2) is 0 Å². The fourth-order valence-corrected chi connectivity index (χ4v) is 0.177. The van der Waals surface area contributed by atoms with E-state index in [1.165, 1.54) is 6.92 Å². The van der Waals surface area contributed by atoms with Gasteiger partial charge in [0.05, 0.1) is 0 Å². The highest BCUT2D eigenvalue weighted by atomic mass is 16.2. The summed E-state index contributed by atoms with van der Waals surface area (Å²) in [7, 11) is 0. The maximum Gasteiger partial charge on any atom is 0.252 e. The Labute approximate surface area is 47.4 Å². The van der Waals surface area contributed by atoms with Crippen molar-refractivity contribution in [1.29, 1.82) is 0 Å². The van der Waals surface area contributed by atoms with Crippen LogP contribution >= 0.6 is 0 Å². The zero-order valence-corrected chi connectivity index (χ0v) is 4.60. The molecule has 0 aromatic rings. The largest absolute Gasteiger partial charge is 0.295 e. The molecule has 2 amide bonds. The fraction of sp³-hybridized carbons (Fsp3) is 0.200. The normalized spacial score (nSPS) is 7.62. The van der Waals surface area contributed by atoms with E-state index >= 15 is 0 Å². The molecule has 0 spiro atoms. The van der Waals surface area contributed by atoms with E-state index in [0.29, 0.717) is 12.0 Å². The minimum atomic E-state index is -0.431. The maximum atomic E-state index is 10.3. The van der Waals surface area contributed by atoms with E-state index in [9.17, 15) is 9.59 Å². The van der Waals surface area contributed by atoms with Crippen molar-refractivity contribution in [3.05, 3.63) is 12.2 Å². The summed E-state index contributed by atoms with van der Waals surface area (Å²) in [5, 5.41) is 1.93. The molecule has 44 valence electrons. The minimum absolute atomic E-state index is 0.330. The van der Waals surface area contributed by atoms with Crippen LogP contribution in [0.1, 0.15) is 6.92 Å². The topological polar surface area (TPSA) is 46.2 Å². The molecule has 1 N–H and O–H groups in total. The van der Waals surface area contributed by atoms with Gasteiger partial charge in [-0.05, 0) is 6.92 Å². The smallest absolute Gasteiger partial charge is 0.252 e. The monoisotopic (exact) mass is 113 g/mol. The Hall–Kier alpha value is -1.12. The molecule has 0 heterocycles. The van der Waals surface area contributed by atoms with Crippen LogP contribution in [-0.2, 0) is 9.59 Å². The molecule has 0 rings (SSSR count). The second kappa shape index (κ2) is 2.96. The first-order chi connectivity index (χ1) is 3.68. The molecule has 3 heteroatoms. The van der Waals surface area contributed by atoms with Crippen LogP contribution in [0.3, 0.4) is 0 Å². The highest BCUT2D eigenvalue weighted by Gasteiger charge is 1.95. The third-order valence-corrected chi connectivity index (χ3v) is 0.578. The van der Waals surface area contributed by atoms with Gasteiger partial charge >= 0.3 is 0 Å². The highest BCUT2D eigenvalue weighted by molar-refractivity contribution is 5.98. The molecule has 0 saturated heterocycles. The van der Waals surface area contributed by atoms with Gasteiger partial charge in [0.2, 0.25) is 6.41 Å². The molecule has 0 aromatic heterocycles. The fourth-order valence-electron chi connectivity index (χ4n) is 0.177. The van der Waals surface area contributed by atoms with E-state index in [0.717, 1.165) is 0 Å². The first-order valence-corrected chi connectivity index (χ1v) is 2.08. The number of carbonyl (C=O) groups is 2. The quantitative estimate of drug-likeness (QED) is 0.399. The molecule has 0 radical (unpaired) electrons. The Morgan fingerprint density at radius 3 is 2.38 bits per heavy atom. The average molecular weight is 113 g/mol. The summed E-state index contributed by atoms with van der Waals surface area (Å²) in [5.41, 5.74) is 0.331. The first-order valence-electron chi connectivity index (χ1n) is 2.08. The van der Waals surface area contributed by atoms with Gasteiger partial charge < -0.3 is 0 Å². The Bertz CT molecular complexity index is 128. The van der Waals surface area contributed by atoms with E-state index in [2.05, 4.69) is 6.58 Å². The number of amides is 2. The lowest BCUT2D eigenvalue weighted by atomic mass is 10.3. The molecule has 0 aliphatic carbocycles. The number of hydrogen-bond donors (Lipinski definition) is 1. The van der Waals surface area contributed by atoms with Crippen molar-refractivity contribution in [2.75, 3.05) is 0 Å². The van der Waals surface area contributed by atoms with E-state index in [1.54, 1.807) is 0 Å². The number of nitrogens with one attached hydrogen (secondary N) is 1. The molecule has 3 nitrogen and oxygen atoms in total. The minimum Gasteiger partial charge on any atom is -0.295 e. The van der Waals surface area contributed by atoms with Gasteiger partial charge in [0, 0.05) is 5.57 Å². The molecule has 0 bridgehead atoms. The third-order valence-electron chi connectivity index (χ3n) is 0.578. The molecule has 0 aliphatic rings. The van der Waals surface area contributed by atoms with Crippen LogP contribution < -0.4 is 5.32 Å². The van der Waals surface area contributed by atoms with Gasteiger partial charge in [-0.1, -0.05) is 6.58 Å². The Kier molecular flexibility index (Phi) is 2.54. The average Bonchev–Trinajstić information content (AvgIpc) is 1.67. The van der Waals surface area contributed by atoms with Crippen molar-refractivity contribution in [1.82, 2.24) is 5.32 Å². The van der Waals surface area contributed by atoms with Crippen LogP contribution in [0.25, 0.3) is 0 Å². The second-order valence-corrected chi connectivity index (χ2v) is 1.37. The van der Waals surface area contributed by atoms with Gasteiger partial charge in [-0.15, -0.1) is 0 Å². The number of rotatable bonds is 2. The van der Waals surface area contributed by atoms with E-state index < -0.39 is 5.91 Å². The molecule has 0 atom stereocenters. The standard InChI is InChI=1S/C5H7NO2/c1-4(2)5(8)6-3-7/h3H,1H2,2H3,(H,6,7,8). The first kappa shape index (κ1) is 6.88. The lowest BCUT2D eigenvalue weighted by molar-refractivity contribution is -0.122. The van der Waals surface area contributed by atoms with Gasteiger partial charge in [0.15, 0.2) is 0 Å². The molecular weight excluding hydrogens is 106 g/mol. The summed E-state index contributed by atoms with van der Waals surface area (Å²) in [4.78, 5) is 19.8. The summed E-state index contributed by atoms with van der Waals surface area (Å²) in [6.07, 6.45) is 0.330. The van der Waals surface area contributed by atoms with E-state index in [4.69, 9.17) is 0 Å². The summed E-state index contributed by atoms with van der Waals surface area (Å²) in [6, 6.07) is 0. The zero-order valence-electron chi connectivity index (χ0n) is 4.60. The molecule has 8 heavy (non-hydrogen) atoms. The van der Waals surface area contributed by atoms with Crippen LogP contribution in [0.15, 0.2) is 12.2 Å². The highest BCUT2D eigenvalue weighted by Crippen LogP contribution is 1.81. The van der Waals surface area contributed by atoms with Crippen molar-refractivity contribution in [2.45, 2.75) is 6.92 Å². The SMILES string of the molecule is C=C(C)C(=O)NC=O. The zero-order chi connectivity index (χ0) is 6.57. The summed E-state index contributed by atoms with van der Waals surface area (Å²) >= 11 is 0.